The molecule has 0 unspecified atom stereocenters. The monoisotopic (exact) mass is 487 g/mol. The van der Waals surface area contributed by atoms with Gasteiger partial charge in [-0.1, -0.05) is 23.7 Å². The minimum Gasteiger partial charge on any atom is -0.459 e. The molecule has 0 aliphatic rings. The van der Waals surface area contributed by atoms with Crippen molar-refractivity contribution in [2.24, 2.45) is 7.05 Å². The zero-order valence-electron chi connectivity index (χ0n) is 19.9. The number of aromatic nitrogens is 4. The summed E-state index contributed by atoms with van der Waals surface area (Å²) in [7, 11) is 1.96. The largest absolute Gasteiger partial charge is 0.459 e. The molecule has 176 valence electrons. The molecule has 0 aliphatic carbocycles. The van der Waals surface area contributed by atoms with Crippen LogP contribution >= 0.6 is 23.4 Å². The van der Waals surface area contributed by atoms with Crippen LogP contribution < -0.4 is 4.90 Å². The minimum absolute atomic E-state index is 0.231. The topological polar surface area (TPSA) is 73.1 Å². The van der Waals surface area contributed by atoms with Gasteiger partial charge in [0.2, 0.25) is 0 Å². The summed E-state index contributed by atoms with van der Waals surface area (Å²) >= 11 is 7.60. The fourth-order valence-electron chi connectivity index (χ4n) is 3.06. The van der Waals surface area contributed by atoms with Crippen molar-refractivity contribution in [1.82, 2.24) is 19.5 Å². The Bertz CT molecular complexity index is 1090. The van der Waals surface area contributed by atoms with Gasteiger partial charge in [0.05, 0.1) is 6.54 Å². The van der Waals surface area contributed by atoms with Gasteiger partial charge in [-0.2, -0.15) is 0 Å². The van der Waals surface area contributed by atoms with Crippen molar-refractivity contribution in [2.45, 2.75) is 63.0 Å². The summed E-state index contributed by atoms with van der Waals surface area (Å²) in [5.74, 6) is 1.41. The highest BCUT2D eigenvalue weighted by atomic mass is 35.5. The summed E-state index contributed by atoms with van der Waals surface area (Å²) in [6, 6.07) is 9.91. The quantitative estimate of drug-likeness (QED) is 0.243. The first-order chi connectivity index (χ1) is 15.4. The van der Waals surface area contributed by atoms with E-state index in [1.807, 2.05) is 64.6 Å². The van der Waals surface area contributed by atoms with Crippen LogP contribution in [0.25, 0.3) is 0 Å². The van der Waals surface area contributed by atoms with Gasteiger partial charge < -0.3 is 14.2 Å². The first kappa shape index (κ1) is 25.1. The van der Waals surface area contributed by atoms with Crippen LogP contribution in [0.4, 0.5) is 5.82 Å². The van der Waals surface area contributed by atoms with E-state index in [4.69, 9.17) is 16.3 Å². The molecule has 0 saturated heterocycles. The molecular formula is C24H30ClN5O2S. The second-order valence-electron chi connectivity index (χ2n) is 9.27. The number of halogens is 1. The van der Waals surface area contributed by atoms with Gasteiger partial charge >= 0.3 is 5.97 Å². The number of esters is 1. The molecule has 3 aromatic rings. The summed E-state index contributed by atoms with van der Waals surface area (Å²) in [6.07, 6.45) is 5.15. The van der Waals surface area contributed by atoms with E-state index < -0.39 is 10.3 Å². The van der Waals surface area contributed by atoms with Crippen LogP contribution in [0, 0.1) is 0 Å². The Morgan fingerprint density at radius 3 is 2.36 bits per heavy atom. The second-order valence-corrected chi connectivity index (χ2v) is 11.4. The lowest BCUT2D eigenvalue weighted by Gasteiger charge is -2.28. The lowest BCUT2D eigenvalue weighted by atomic mass is 10.1. The Morgan fingerprint density at radius 1 is 1.09 bits per heavy atom. The first-order valence-corrected chi connectivity index (χ1v) is 11.8. The van der Waals surface area contributed by atoms with E-state index in [0.29, 0.717) is 18.2 Å². The van der Waals surface area contributed by atoms with Gasteiger partial charge in [0.15, 0.2) is 0 Å². The number of benzene rings is 1. The molecule has 0 aliphatic heterocycles. The average Bonchev–Trinajstić information content (AvgIpc) is 3.12. The lowest BCUT2D eigenvalue weighted by Crippen LogP contribution is -2.36. The van der Waals surface area contributed by atoms with Crippen LogP contribution in [0.15, 0.2) is 53.9 Å². The molecule has 3 rings (SSSR count). The van der Waals surface area contributed by atoms with Crippen molar-refractivity contribution in [2.75, 3.05) is 4.90 Å². The van der Waals surface area contributed by atoms with E-state index >= 15 is 0 Å². The molecule has 2 heterocycles. The molecule has 33 heavy (non-hydrogen) atoms. The number of ether oxygens (including phenoxy) is 1. The van der Waals surface area contributed by atoms with Crippen molar-refractivity contribution < 1.29 is 9.53 Å². The van der Waals surface area contributed by atoms with Crippen molar-refractivity contribution in [3.63, 3.8) is 0 Å². The fourth-order valence-corrected chi connectivity index (χ4v) is 4.18. The van der Waals surface area contributed by atoms with Gasteiger partial charge in [-0.15, -0.1) is 11.8 Å². The molecule has 2 aromatic heterocycles. The standard InChI is InChI=1S/C24H30ClN5O2S/c1-23(2,3)32-22(31)24(4,5)33-18-9-7-17(8-10-18)14-30(15-21-26-11-12-29(21)6)20-13-19(25)27-16-28-20/h7-13,16H,14-15H2,1-6H3. The summed E-state index contributed by atoms with van der Waals surface area (Å²) < 4.78 is 6.85. The number of imidazole rings is 1. The third-order valence-corrected chi connectivity index (χ3v) is 6.15. The van der Waals surface area contributed by atoms with E-state index in [2.05, 4.69) is 32.0 Å². The van der Waals surface area contributed by atoms with Crippen LogP contribution in [-0.4, -0.2) is 35.8 Å². The van der Waals surface area contributed by atoms with Gasteiger partial charge in [-0.3, -0.25) is 4.79 Å². The molecule has 0 amide bonds. The second kappa shape index (κ2) is 10.1. The van der Waals surface area contributed by atoms with Gasteiger partial charge in [0.1, 0.15) is 33.5 Å². The Morgan fingerprint density at radius 2 is 1.79 bits per heavy atom. The van der Waals surface area contributed by atoms with Crippen LogP contribution in [-0.2, 0) is 29.7 Å². The zero-order chi connectivity index (χ0) is 24.2. The van der Waals surface area contributed by atoms with E-state index in [9.17, 15) is 4.79 Å². The maximum atomic E-state index is 12.6. The van der Waals surface area contributed by atoms with Crippen molar-refractivity contribution in [1.29, 1.82) is 0 Å². The Labute approximate surface area is 204 Å². The van der Waals surface area contributed by atoms with Crippen LogP contribution in [0.3, 0.4) is 0 Å². The highest BCUT2D eigenvalue weighted by Gasteiger charge is 2.33. The van der Waals surface area contributed by atoms with E-state index in [0.717, 1.165) is 22.1 Å². The molecule has 0 bridgehead atoms. The molecule has 0 radical (unpaired) electrons. The summed E-state index contributed by atoms with van der Waals surface area (Å²) in [6.45, 7) is 10.6. The number of carbonyl (C=O) groups is 1. The smallest absolute Gasteiger partial charge is 0.322 e. The normalized spacial score (nSPS) is 12.0. The molecule has 0 fully saturated rings. The van der Waals surface area contributed by atoms with E-state index in [1.165, 1.54) is 18.1 Å². The van der Waals surface area contributed by atoms with Crippen LogP contribution in [0.2, 0.25) is 5.15 Å². The van der Waals surface area contributed by atoms with Gasteiger partial charge in [0, 0.05) is 36.9 Å². The van der Waals surface area contributed by atoms with Gasteiger partial charge in [-0.05, 0) is 52.3 Å². The van der Waals surface area contributed by atoms with Crippen LogP contribution in [0.5, 0.6) is 0 Å². The van der Waals surface area contributed by atoms with Gasteiger partial charge in [-0.25, -0.2) is 15.0 Å². The molecule has 7 nitrogen and oxygen atoms in total. The summed E-state index contributed by atoms with van der Waals surface area (Å²) in [5, 5.41) is 0.390. The third kappa shape index (κ3) is 7.20. The predicted molar refractivity (Wildman–Crippen MR) is 132 cm³/mol. The number of aryl methyl sites for hydroxylation is 1. The maximum absolute atomic E-state index is 12.6. The number of thioether (sulfide) groups is 1. The van der Waals surface area contributed by atoms with Crippen molar-refractivity contribution in [3.05, 3.63) is 65.6 Å². The molecule has 0 spiro atoms. The Balaban J connectivity index is 1.75. The number of nitrogens with zero attached hydrogens (tertiary/aromatic N) is 5. The van der Waals surface area contributed by atoms with Crippen molar-refractivity contribution >= 4 is 35.1 Å². The highest BCUT2D eigenvalue weighted by Crippen LogP contribution is 2.35. The van der Waals surface area contributed by atoms with Gasteiger partial charge in [0.25, 0.3) is 0 Å². The number of hydrogen-bond acceptors (Lipinski definition) is 7. The number of anilines is 1. The maximum Gasteiger partial charge on any atom is 0.322 e. The lowest BCUT2D eigenvalue weighted by molar-refractivity contribution is -0.156. The summed E-state index contributed by atoms with van der Waals surface area (Å²) in [4.78, 5) is 28.5. The SMILES string of the molecule is Cn1ccnc1CN(Cc1ccc(SC(C)(C)C(=O)OC(C)(C)C)cc1)c1cc(Cl)ncn1. The van der Waals surface area contributed by atoms with Crippen LogP contribution in [0.1, 0.15) is 46.0 Å². The molecule has 1 aromatic carbocycles. The molecule has 9 heteroatoms. The number of rotatable bonds is 8. The average molecular weight is 488 g/mol. The number of hydrogen-bond donors (Lipinski definition) is 0. The van der Waals surface area contributed by atoms with E-state index in [-0.39, 0.29) is 5.97 Å². The Kier molecular flexibility index (Phi) is 7.69. The third-order valence-electron chi connectivity index (χ3n) is 4.76. The molecular weight excluding hydrogens is 458 g/mol. The zero-order valence-corrected chi connectivity index (χ0v) is 21.4. The van der Waals surface area contributed by atoms with Crippen molar-refractivity contribution in [3.8, 4) is 0 Å². The number of carbonyl (C=O) groups excluding carboxylic acids is 1. The minimum atomic E-state index is -0.698. The first-order valence-electron chi connectivity index (χ1n) is 10.6. The Hall–Kier alpha value is -2.58. The molecule has 0 atom stereocenters. The highest BCUT2D eigenvalue weighted by molar-refractivity contribution is 8.01. The van der Waals surface area contributed by atoms with E-state index in [1.54, 1.807) is 12.3 Å². The molecule has 0 saturated carbocycles. The fraction of sp³-hybridized carbons (Fsp3) is 0.417. The predicted octanol–water partition coefficient (Wildman–Crippen LogP) is 5.28. The molecule has 0 N–H and O–H groups in total. The summed E-state index contributed by atoms with van der Waals surface area (Å²) in [5.41, 5.74) is 0.581.